The third-order valence-corrected chi connectivity index (χ3v) is 2.88. The summed E-state index contributed by atoms with van der Waals surface area (Å²) in [7, 11) is 1.78. The molecule has 1 heterocycles. The minimum atomic E-state index is -0.922. The van der Waals surface area contributed by atoms with Crippen molar-refractivity contribution in [3.8, 4) is 0 Å². The van der Waals surface area contributed by atoms with Crippen LogP contribution >= 0.6 is 0 Å². The first-order valence-corrected chi connectivity index (χ1v) is 6.82. The number of carbonyl (C=O) groups is 2. The normalized spacial score (nSPS) is 11.2. The molecular weight excluding hydrogens is 274 g/mol. The van der Waals surface area contributed by atoms with Gasteiger partial charge in [0.15, 0.2) is 5.82 Å². The van der Waals surface area contributed by atoms with Crippen LogP contribution in [0.5, 0.6) is 0 Å². The largest absolute Gasteiger partial charge is 0.481 e. The van der Waals surface area contributed by atoms with Gasteiger partial charge in [0, 0.05) is 32.1 Å². The first-order valence-electron chi connectivity index (χ1n) is 6.82. The number of amides is 2. The summed E-state index contributed by atoms with van der Waals surface area (Å²) < 4.78 is 1.60. The van der Waals surface area contributed by atoms with Crippen molar-refractivity contribution < 1.29 is 14.7 Å². The second-order valence-electron chi connectivity index (χ2n) is 5.78. The van der Waals surface area contributed by atoms with Gasteiger partial charge in [0.1, 0.15) is 6.33 Å². The van der Waals surface area contributed by atoms with Crippen LogP contribution in [0.15, 0.2) is 6.33 Å². The standard InChI is InChI=1S/C13H23N5O3/c1-13(2,3)18(8-6-11(19)20)12(21)14-7-5-10-15-9-17(4)16-10/h9H,5-8H2,1-4H3,(H,14,21)(H,19,20). The van der Waals surface area contributed by atoms with Crippen molar-refractivity contribution in [3.05, 3.63) is 12.2 Å². The van der Waals surface area contributed by atoms with Gasteiger partial charge in [-0.3, -0.25) is 9.48 Å². The van der Waals surface area contributed by atoms with Gasteiger partial charge in [-0.15, -0.1) is 0 Å². The number of urea groups is 1. The molecule has 1 aromatic rings. The molecule has 8 nitrogen and oxygen atoms in total. The summed E-state index contributed by atoms with van der Waals surface area (Å²) in [5, 5.41) is 15.7. The molecule has 0 bridgehead atoms. The molecule has 0 aliphatic carbocycles. The van der Waals surface area contributed by atoms with Crippen molar-refractivity contribution in [1.29, 1.82) is 0 Å². The van der Waals surface area contributed by atoms with Crippen LogP contribution < -0.4 is 5.32 Å². The summed E-state index contributed by atoms with van der Waals surface area (Å²) in [5.74, 6) is -0.264. The van der Waals surface area contributed by atoms with E-state index in [0.717, 1.165) is 0 Å². The van der Waals surface area contributed by atoms with Gasteiger partial charge in [-0.2, -0.15) is 5.10 Å². The zero-order valence-electron chi connectivity index (χ0n) is 13.0. The minimum Gasteiger partial charge on any atom is -0.481 e. The number of nitrogens with one attached hydrogen (secondary N) is 1. The maximum atomic E-state index is 12.2. The van der Waals surface area contributed by atoms with E-state index in [1.54, 1.807) is 18.1 Å². The second-order valence-corrected chi connectivity index (χ2v) is 5.78. The molecular formula is C13H23N5O3. The number of hydrogen-bond acceptors (Lipinski definition) is 4. The van der Waals surface area contributed by atoms with Crippen LogP contribution in [0.25, 0.3) is 0 Å². The summed E-state index contributed by atoms with van der Waals surface area (Å²) in [5.41, 5.74) is -0.442. The molecule has 0 aliphatic heterocycles. The van der Waals surface area contributed by atoms with Gasteiger partial charge < -0.3 is 15.3 Å². The Morgan fingerprint density at radius 1 is 1.43 bits per heavy atom. The van der Waals surface area contributed by atoms with Crippen molar-refractivity contribution in [1.82, 2.24) is 25.0 Å². The lowest BCUT2D eigenvalue weighted by molar-refractivity contribution is -0.137. The van der Waals surface area contributed by atoms with Gasteiger partial charge in [0.2, 0.25) is 0 Å². The lowest BCUT2D eigenvalue weighted by atomic mass is 10.1. The maximum Gasteiger partial charge on any atom is 0.317 e. The van der Waals surface area contributed by atoms with Crippen molar-refractivity contribution in [3.63, 3.8) is 0 Å². The molecule has 0 aliphatic rings. The number of carbonyl (C=O) groups excluding carboxylic acids is 1. The van der Waals surface area contributed by atoms with Gasteiger partial charge in [-0.25, -0.2) is 9.78 Å². The number of aliphatic carboxylic acids is 1. The first-order chi connectivity index (χ1) is 9.70. The Morgan fingerprint density at radius 3 is 2.57 bits per heavy atom. The maximum absolute atomic E-state index is 12.2. The number of hydrogen-bond donors (Lipinski definition) is 2. The Kier molecular flexibility index (Phi) is 5.69. The van der Waals surface area contributed by atoms with Crippen molar-refractivity contribution >= 4 is 12.0 Å². The summed E-state index contributed by atoms with van der Waals surface area (Å²) in [4.78, 5) is 28.4. The van der Waals surface area contributed by atoms with Gasteiger partial charge in [-0.1, -0.05) is 0 Å². The molecule has 0 fully saturated rings. The van der Waals surface area contributed by atoms with E-state index in [1.165, 1.54) is 4.90 Å². The highest BCUT2D eigenvalue weighted by Crippen LogP contribution is 2.13. The Labute approximate surface area is 124 Å². The van der Waals surface area contributed by atoms with Crippen LogP contribution in [0.2, 0.25) is 0 Å². The number of carboxylic acid groups (broad SMARTS) is 1. The highest BCUT2D eigenvalue weighted by atomic mass is 16.4. The number of aromatic nitrogens is 3. The molecule has 0 saturated heterocycles. The first kappa shape index (κ1) is 16.9. The third-order valence-electron chi connectivity index (χ3n) is 2.88. The highest BCUT2D eigenvalue weighted by Gasteiger charge is 2.26. The molecule has 1 aromatic heterocycles. The number of nitrogens with zero attached hydrogens (tertiary/aromatic N) is 4. The molecule has 0 spiro atoms. The number of aryl methyl sites for hydroxylation is 1. The van der Waals surface area contributed by atoms with Crippen molar-refractivity contribution in [2.24, 2.45) is 7.05 Å². The van der Waals surface area contributed by atoms with E-state index in [2.05, 4.69) is 15.4 Å². The highest BCUT2D eigenvalue weighted by molar-refractivity contribution is 5.76. The number of rotatable bonds is 6. The van der Waals surface area contributed by atoms with Crippen LogP contribution in [0.4, 0.5) is 4.79 Å². The fourth-order valence-corrected chi connectivity index (χ4v) is 1.82. The molecule has 2 N–H and O–H groups in total. The number of carboxylic acids is 1. The zero-order valence-corrected chi connectivity index (χ0v) is 13.0. The fraction of sp³-hybridized carbons (Fsp3) is 0.692. The Morgan fingerprint density at radius 2 is 2.10 bits per heavy atom. The van der Waals surface area contributed by atoms with Crippen molar-refractivity contribution in [2.75, 3.05) is 13.1 Å². The summed E-state index contributed by atoms with van der Waals surface area (Å²) >= 11 is 0. The van der Waals surface area contributed by atoms with Crippen LogP contribution in [0.1, 0.15) is 33.0 Å². The summed E-state index contributed by atoms with van der Waals surface area (Å²) in [6.07, 6.45) is 2.06. The van der Waals surface area contributed by atoms with Crippen LogP contribution in [0.3, 0.4) is 0 Å². The molecule has 2 amide bonds. The van der Waals surface area contributed by atoms with E-state index < -0.39 is 11.5 Å². The average molecular weight is 297 g/mol. The van der Waals surface area contributed by atoms with E-state index in [1.807, 2.05) is 20.8 Å². The Balaban J connectivity index is 2.50. The molecule has 0 aromatic carbocycles. The van der Waals surface area contributed by atoms with Gasteiger partial charge >= 0.3 is 12.0 Å². The van der Waals surface area contributed by atoms with Crippen LogP contribution in [-0.2, 0) is 18.3 Å². The van der Waals surface area contributed by atoms with E-state index in [-0.39, 0.29) is 19.0 Å². The monoisotopic (exact) mass is 297 g/mol. The Bertz CT molecular complexity index is 492. The van der Waals surface area contributed by atoms with E-state index in [0.29, 0.717) is 18.8 Å². The van der Waals surface area contributed by atoms with Crippen LogP contribution in [-0.4, -0.2) is 55.4 Å². The summed E-state index contributed by atoms with van der Waals surface area (Å²) in [6.45, 7) is 6.19. The second kappa shape index (κ2) is 7.05. The Hall–Kier alpha value is -2.12. The molecule has 0 atom stereocenters. The topological polar surface area (TPSA) is 100 Å². The molecule has 0 unspecified atom stereocenters. The van der Waals surface area contributed by atoms with Gasteiger partial charge in [0.05, 0.1) is 6.42 Å². The quantitative estimate of drug-likeness (QED) is 0.802. The predicted molar refractivity (Wildman–Crippen MR) is 76.8 cm³/mol. The van der Waals surface area contributed by atoms with Gasteiger partial charge in [-0.05, 0) is 20.8 Å². The van der Waals surface area contributed by atoms with E-state index in [9.17, 15) is 9.59 Å². The minimum absolute atomic E-state index is 0.0769. The van der Waals surface area contributed by atoms with E-state index in [4.69, 9.17) is 5.11 Å². The van der Waals surface area contributed by atoms with E-state index >= 15 is 0 Å². The smallest absolute Gasteiger partial charge is 0.317 e. The van der Waals surface area contributed by atoms with Crippen LogP contribution in [0, 0.1) is 0 Å². The SMILES string of the molecule is Cn1cnc(CCNC(=O)N(CCC(=O)O)C(C)(C)C)n1. The molecule has 0 saturated carbocycles. The zero-order chi connectivity index (χ0) is 16.0. The molecule has 0 radical (unpaired) electrons. The fourth-order valence-electron chi connectivity index (χ4n) is 1.82. The van der Waals surface area contributed by atoms with Gasteiger partial charge in [0.25, 0.3) is 0 Å². The average Bonchev–Trinajstić information content (AvgIpc) is 2.73. The molecule has 1 rings (SSSR count). The summed E-state index contributed by atoms with van der Waals surface area (Å²) in [6, 6.07) is -0.278. The van der Waals surface area contributed by atoms with Crippen molar-refractivity contribution in [2.45, 2.75) is 39.2 Å². The lowest BCUT2D eigenvalue weighted by Crippen LogP contribution is -2.51. The molecule has 118 valence electrons. The molecule has 21 heavy (non-hydrogen) atoms. The third kappa shape index (κ3) is 5.80. The lowest BCUT2D eigenvalue weighted by Gasteiger charge is -2.35. The predicted octanol–water partition coefficient (Wildman–Crippen LogP) is 0.642. The molecule has 8 heteroatoms.